The minimum atomic E-state index is -2.64. The highest BCUT2D eigenvalue weighted by molar-refractivity contribution is 6.71. The van der Waals surface area contributed by atoms with Gasteiger partial charge in [-0.2, -0.15) is 0 Å². The molecule has 2 unspecified atom stereocenters. The van der Waals surface area contributed by atoms with Crippen LogP contribution < -0.4 is 0 Å². The Morgan fingerprint density at radius 3 is 2.17 bits per heavy atom. The Kier molecular flexibility index (Phi) is 6.24. The van der Waals surface area contributed by atoms with Crippen molar-refractivity contribution in [2.75, 3.05) is 19.8 Å². The molecule has 18 heavy (non-hydrogen) atoms. The summed E-state index contributed by atoms with van der Waals surface area (Å²) in [7, 11) is -2.64. The normalized spacial score (nSPS) is 31.5. The van der Waals surface area contributed by atoms with Crippen LogP contribution in [0.3, 0.4) is 0 Å². The minimum Gasteiger partial charge on any atom is -0.393 e. The lowest BCUT2D eigenvalue weighted by Gasteiger charge is -2.50. The van der Waals surface area contributed by atoms with Crippen molar-refractivity contribution in [3.8, 4) is 0 Å². The number of ether oxygens (including phenoxy) is 1. The van der Waals surface area contributed by atoms with Crippen molar-refractivity contribution in [3.05, 3.63) is 0 Å². The van der Waals surface area contributed by atoms with Gasteiger partial charge in [-0.1, -0.05) is 6.92 Å². The second kappa shape index (κ2) is 6.98. The summed E-state index contributed by atoms with van der Waals surface area (Å²) < 4.78 is 32.5. The van der Waals surface area contributed by atoms with E-state index >= 15 is 0 Å². The Bertz CT molecular complexity index is 241. The van der Waals surface area contributed by atoms with Crippen LogP contribution in [0, 0.1) is 0 Å². The maximum Gasteiger partial charge on any atom is 0.374 e. The number of alkyl halides is 1. The third-order valence-electron chi connectivity index (χ3n) is 3.80. The first-order valence-corrected chi connectivity index (χ1v) is 9.20. The maximum absolute atomic E-state index is 14.6. The van der Waals surface area contributed by atoms with Crippen molar-refractivity contribution in [1.82, 2.24) is 0 Å². The maximum atomic E-state index is 14.6. The van der Waals surface area contributed by atoms with E-state index in [4.69, 9.17) is 13.6 Å². The molecule has 1 fully saturated rings. The first kappa shape index (κ1) is 16.1. The number of hydrogen-bond donors (Lipinski definition) is 0. The molecule has 3 nitrogen and oxygen atoms in total. The van der Waals surface area contributed by atoms with Crippen LogP contribution in [0.15, 0.2) is 0 Å². The molecule has 2 atom stereocenters. The zero-order valence-electron chi connectivity index (χ0n) is 12.1. The largest absolute Gasteiger partial charge is 0.393 e. The lowest BCUT2D eigenvalue weighted by Crippen LogP contribution is -2.70. The van der Waals surface area contributed by atoms with E-state index in [-0.39, 0.29) is 0 Å². The van der Waals surface area contributed by atoms with Crippen LogP contribution in [0.2, 0.25) is 6.04 Å². The fourth-order valence-corrected chi connectivity index (χ4v) is 7.56. The molecule has 0 aromatic heterocycles. The number of halogens is 1. The van der Waals surface area contributed by atoms with Crippen molar-refractivity contribution in [3.63, 3.8) is 0 Å². The van der Waals surface area contributed by atoms with Crippen LogP contribution >= 0.6 is 0 Å². The van der Waals surface area contributed by atoms with Crippen LogP contribution in [0.4, 0.5) is 4.39 Å². The van der Waals surface area contributed by atoms with Gasteiger partial charge in [0.05, 0.1) is 0 Å². The lowest BCUT2D eigenvalue weighted by atomic mass is 10.1. The van der Waals surface area contributed by atoms with Crippen LogP contribution in [0.25, 0.3) is 0 Å². The Morgan fingerprint density at radius 2 is 1.72 bits per heavy atom. The predicted octanol–water partition coefficient (Wildman–Crippen LogP) is 3.36. The second-order valence-electron chi connectivity index (χ2n) is 4.65. The zero-order chi connectivity index (χ0) is 13.6. The van der Waals surface area contributed by atoms with Crippen molar-refractivity contribution in [2.24, 2.45) is 0 Å². The summed E-state index contributed by atoms with van der Waals surface area (Å²) in [5.41, 5.74) is 0. The molecular weight excluding hydrogens is 251 g/mol. The van der Waals surface area contributed by atoms with Gasteiger partial charge in [-0.25, -0.2) is 4.39 Å². The van der Waals surface area contributed by atoms with Crippen molar-refractivity contribution >= 4 is 8.56 Å². The van der Waals surface area contributed by atoms with Gasteiger partial charge in [0.2, 0.25) is 0 Å². The van der Waals surface area contributed by atoms with Gasteiger partial charge < -0.3 is 13.6 Å². The highest BCUT2D eigenvalue weighted by Crippen LogP contribution is 2.44. The molecule has 1 aliphatic rings. The van der Waals surface area contributed by atoms with E-state index in [0.717, 1.165) is 12.5 Å². The average molecular weight is 278 g/mol. The summed E-state index contributed by atoms with van der Waals surface area (Å²) >= 11 is 0. The molecule has 0 radical (unpaired) electrons. The molecule has 0 N–H and O–H groups in total. The monoisotopic (exact) mass is 278 g/mol. The third-order valence-corrected chi connectivity index (χ3v) is 8.42. The molecule has 0 amide bonds. The summed E-state index contributed by atoms with van der Waals surface area (Å²) in [4.78, 5) is 0. The van der Waals surface area contributed by atoms with E-state index in [1.54, 1.807) is 0 Å². The van der Waals surface area contributed by atoms with Crippen LogP contribution in [-0.2, 0) is 13.6 Å². The molecule has 0 spiro atoms. The molecule has 0 aromatic carbocycles. The first-order valence-electron chi connectivity index (χ1n) is 7.18. The summed E-state index contributed by atoms with van der Waals surface area (Å²) in [6.45, 7) is 9.41. The fraction of sp³-hybridized carbons (Fsp3) is 1.00. The van der Waals surface area contributed by atoms with Gasteiger partial charge in [-0.05, 0) is 46.1 Å². The first-order chi connectivity index (χ1) is 8.62. The van der Waals surface area contributed by atoms with E-state index in [2.05, 4.69) is 0 Å². The van der Waals surface area contributed by atoms with E-state index in [9.17, 15) is 4.39 Å². The summed E-state index contributed by atoms with van der Waals surface area (Å²) in [6.07, 6.45) is 1.04. The SMILES string of the molecule is CCOC1(CC)C(F)CCC[Si]1(OCC)OCC. The third kappa shape index (κ3) is 2.64. The summed E-state index contributed by atoms with van der Waals surface area (Å²) in [5, 5.41) is -0.827. The smallest absolute Gasteiger partial charge is 0.374 e. The highest BCUT2D eigenvalue weighted by atomic mass is 28.4. The second-order valence-corrected chi connectivity index (χ2v) is 8.08. The lowest BCUT2D eigenvalue weighted by molar-refractivity contribution is -0.0857. The predicted molar refractivity (Wildman–Crippen MR) is 72.6 cm³/mol. The number of rotatable bonds is 7. The molecule has 108 valence electrons. The minimum absolute atomic E-state index is 0.503. The standard InChI is InChI=1S/C13H27FO3Si/c1-5-13(15-6-2)12(14)10-9-11-18(13,16-7-3)17-8-4/h12H,5-11H2,1-4H3. The van der Waals surface area contributed by atoms with Gasteiger partial charge in [-0.3, -0.25) is 0 Å². The molecule has 5 heteroatoms. The van der Waals surface area contributed by atoms with Gasteiger partial charge in [0.1, 0.15) is 11.4 Å². The summed E-state index contributed by atoms with van der Waals surface area (Å²) in [6, 6.07) is 0.836. The molecular formula is C13H27FO3Si. The Hall–Kier alpha value is 0.0269. The van der Waals surface area contributed by atoms with Crippen molar-refractivity contribution < 1.29 is 18.0 Å². The van der Waals surface area contributed by atoms with E-state index in [1.165, 1.54) is 0 Å². The molecule has 0 bridgehead atoms. The zero-order valence-corrected chi connectivity index (χ0v) is 13.1. The molecule has 1 aliphatic heterocycles. The van der Waals surface area contributed by atoms with E-state index in [1.807, 2.05) is 27.7 Å². The average Bonchev–Trinajstić information content (AvgIpc) is 2.35. The van der Waals surface area contributed by atoms with Gasteiger partial charge in [0, 0.05) is 19.8 Å². The molecule has 0 saturated carbocycles. The van der Waals surface area contributed by atoms with Crippen LogP contribution in [0.5, 0.6) is 0 Å². The number of hydrogen-bond acceptors (Lipinski definition) is 3. The Balaban J connectivity index is 3.13. The van der Waals surface area contributed by atoms with Crippen molar-refractivity contribution in [2.45, 2.75) is 64.4 Å². The molecule has 0 aromatic rings. The van der Waals surface area contributed by atoms with Gasteiger partial charge in [0.25, 0.3) is 0 Å². The van der Waals surface area contributed by atoms with Gasteiger partial charge >= 0.3 is 8.56 Å². The van der Waals surface area contributed by atoms with E-state index < -0.39 is 20.0 Å². The fourth-order valence-electron chi connectivity index (χ4n) is 3.14. The van der Waals surface area contributed by atoms with Crippen LogP contribution in [-0.4, -0.2) is 39.8 Å². The van der Waals surface area contributed by atoms with Crippen LogP contribution in [0.1, 0.15) is 47.0 Å². The summed E-state index contributed by atoms with van der Waals surface area (Å²) in [5.74, 6) is 0. The van der Waals surface area contributed by atoms with Gasteiger partial charge in [-0.15, -0.1) is 0 Å². The Morgan fingerprint density at radius 1 is 1.11 bits per heavy atom. The quantitative estimate of drug-likeness (QED) is 0.668. The highest BCUT2D eigenvalue weighted by Gasteiger charge is 2.64. The molecule has 1 saturated heterocycles. The molecule has 1 heterocycles. The molecule has 0 aliphatic carbocycles. The van der Waals surface area contributed by atoms with Crippen molar-refractivity contribution in [1.29, 1.82) is 0 Å². The Labute approximate surface area is 111 Å². The van der Waals surface area contributed by atoms with E-state index in [0.29, 0.717) is 32.7 Å². The van der Waals surface area contributed by atoms with Gasteiger partial charge in [0.15, 0.2) is 0 Å². The topological polar surface area (TPSA) is 27.7 Å². The molecule has 1 rings (SSSR count).